The summed E-state index contributed by atoms with van der Waals surface area (Å²) < 4.78 is 0. The lowest BCUT2D eigenvalue weighted by atomic mass is 10.1. The molecular weight excluding hydrogens is 186 g/mol. The van der Waals surface area contributed by atoms with Crippen LogP contribution in [0.1, 0.15) is 26.3 Å². The summed E-state index contributed by atoms with van der Waals surface area (Å²) in [6.45, 7) is 6.53. The van der Waals surface area contributed by atoms with Crippen LogP contribution in [0.5, 0.6) is 0 Å². The van der Waals surface area contributed by atoms with Crippen molar-refractivity contribution in [3.05, 3.63) is 35.9 Å². The third-order valence-electron chi connectivity index (χ3n) is 2.51. The zero-order valence-electron chi connectivity index (χ0n) is 9.73. The van der Waals surface area contributed by atoms with E-state index in [-0.39, 0.29) is 11.9 Å². The SMILES string of the molecule is CC(=O)N(CCc1ccccc1)C(C)C. The van der Waals surface area contributed by atoms with E-state index in [0.29, 0.717) is 0 Å². The highest BCUT2D eigenvalue weighted by Gasteiger charge is 2.11. The van der Waals surface area contributed by atoms with Crippen LogP contribution < -0.4 is 0 Å². The minimum Gasteiger partial charge on any atom is -0.340 e. The van der Waals surface area contributed by atoms with Crippen LogP contribution >= 0.6 is 0 Å². The van der Waals surface area contributed by atoms with E-state index in [1.807, 2.05) is 36.9 Å². The maximum Gasteiger partial charge on any atom is 0.219 e. The van der Waals surface area contributed by atoms with Gasteiger partial charge in [-0.15, -0.1) is 0 Å². The summed E-state index contributed by atoms with van der Waals surface area (Å²) in [5.41, 5.74) is 1.28. The molecule has 0 atom stereocenters. The summed E-state index contributed by atoms with van der Waals surface area (Å²) >= 11 is 0. The van der Waals surface area contributed by atoms with Gasteiger partial charge < -0.3 is 4.90 Å². The third-order valence-corrected chi connectivity index (χ3v) is 2.51. The normalized spacial score (nSPS) is 10.4. The number of amides is 1. The van der Waals surface area contributed by atoms with E-state index in [4.69, 9.17) is 0 Å². The zero-order chi connectivity index (χ0) is 11.3. The van der Waals surface area contributed by atoms with Crippen LogP contribution in [0.15, 0.2) is 30.3 Å². The first-order chi connectivity index (χ1) is 7.11. The lowest BCUT2D eigenvalue weighted by molar-refractivity contribution is -0.130. The van der Waals surface area contributed by atoms with Gasteiger partial charge in [0.15, 0.2) is 0 Å². The molecule has 1 aromatic carbocycles. The standard InChI is InChI=1S/C13H19NO/c1-11(2)14(12(3)15)10-9-13-7-5-4-6-8-13/h4-8,11H,9-10H2,1-3H3. The molecular formula is C13H19NO. The van der Waals surface area contributed by atoms with Crippen molar-refractivity contribution in [1.29, 1.82) is 0 Å². The number of nitrogens with zero attached hydrogens (tertiary/aromatic N) is 1. The molecule has 15 heavy (non-hydrogen) atoms. The molecule has 0 N–H and O–H groups in total. The summed E-state index contributed by atoms with van der Waals surface area (Å²) in [5.74, 6) is 0.154. The lowest BCUT2D eigenvalue weighted by Gasteiger charge is -2.25. The van der Waals surface area contributed by atoms with Gasteiger partial charge in [-0.05, 0) is 25.8 Å². The molecule has 2 heteroatoms. The Morgan fingerprint density at radius 2 is 1.87 bits per heavy atom. The summed E-state index contributed by atoms with van der Waals surface area (Å²) in [4.78, 5) is 13.2. The number of hydrogen-bond acceptors (Lipinski definition) is 1. The molecule has 0 fully saturated rings. The second-order valence-corrected chi connectivity index (χ2v) is 4.04. The Balaban J connectivity index is 2.51. The van der Waals surface area contributed by atoms with Crippen molar-refractivity contribution >= 4 is 5.91 Å². The molecule has 82 valence electrons. The van der Waals surface area contributed by atoms with Gasteiger partial charge in [-0.25, -0.2) is 0 Å². The smallest absolute Gasteiger partial charge is 0.219 e. The highest BCUT2D eigenvalue weighted by atomic mass is 16.2. The van der Waals surface area contributed by atoms with Crippen LogP contribution in [0.2, 0.25) is 0 Å². The first-order valence-corrected chi connectivity index (χ1v) is 5.42. The molecule has 1 amide bonds. The maximum absolute atomic E-state index is 11.3. The fraction of sp³-hybridized carbons (Fsp3) is 0.462. The van der Waals surface area contributed by atoms with Crippen LogP contribution in [-0.4, -0.2) is 23.4 Å². The molecule has 0 unspecified atom stereocenters. The van der Waals surface area contributed by atoms with Crippen LogP contribution in [-0.2, 0) is 11.2 Å². The Morgan fingerprint density at radius 1 is 1.27 bits per heavy atom. The Hall–Kier alpha value is -1.31. The second kappa shape index (κ2) is 5.54. The maximum atomic E-state index is 11.3. The minimum absolute atomic E-state index is 0.154. The van der Waals surface area contributed by atoms with E-state index < -0.39 is 0 Å². The Morgan fingerprint density at radius 3 is 2.33 bits per heavy atom. The van der Waals surface area contributed by atoms with Crippen LogP contribution in [0.25, 0.3) is 0 Å². The average molecular weight is 205 g/mol. The first kappa shape index (κ1) is 11.8. The first-order valence-electron chi connectivity index (χ1n) is 5.42. The van der Waals surface area contributed by atoms with Crippen LogP contribution in [0, 0.1) is 0 Å². The Labute approximate surface area is 91.9 Å². The number of benzene rings is 1. The van der Waals surface area contributed by atoms with Crippen molar-refractivity contribution in [1.82, 2.24) is 4.90 Å². The van der Waals surface area contributed by atoms with Gasteiger partial charge in [-0.2, -0.15) is 0 Å². The van der Waals surface area contributed by atoms with Crippen molar-refractivity contribution in [2.45, 2.75) is 33.2 Å². The van der Waals surface area contributed by atoms with Gasteiger partial charge >= 0.3 is 0 Å². The topological polar surface area (TPSA) is 20.3 Å². The molecule has 0 aromatic heterocycles. The molecule has 1 rings (SSSR count). The van der Waals surface area contributed by atoms with Gasteiger partial charge in [-0.3, -0.25) is 4.79 Å². The largest absolute Gasteiger partial charge is 0.340 e. The molecule has 2 nitrogen and oxygen atoms in total. The predicted octanol–water partition coefficient (Wildman–Crippen LogP) is 2.49. The van der Waals surface area contributed by atoms with E-state index in [1.54, 1.807) is 6.92 Å². The quantitative estimate of drug-likeness (QED) is 0.739. The number of hydrogen-bond donors (Lipinski definition) is 0. The number of rotatable bonds is 4. The number of carbonyl (C=O) groups is 1. The highest BCUT2D eigenvalue weighted by Crippen LogP contribution is 2.04. The van der Waals surface area contributed by atoms with Crippen molar-refractivity contribution < 1.29 is 4.79 Å². The fourth-order valence-electron chi connectivity index (χ4n) is 1.67. The average Bonchev–Trinajstić information content (AvgIpc) is 2.18. The molecule has 0 saturated carbocycles. The van der Waals surface area contributed by atoms with Gasteiger partial charge in [-0.1, -0.05) is 30.3 Å². The molecule has 0 radical (unpaired) electrons. The molecule has 1 aromatic rings. The highest BCUT2D eigenvalue weighted by molar-refractivity contribution is 5.73. The van der Waals surface area contributed by atoms with E-state index >= 15 is 0 Å². The zero-order valence-corrected chi connectivity index (χ0v) is 9.73. The minimum atomic E-state index is 0.154. The molecule has 0 bridgehead atoms. The lowest BCUT2D eigenvalue weighted by Crippen LogP contribution is -2.36. The van der Waals surface area contributed by atoms with Gasteiger partial charge in [0.2, 0.25) is 5.91 Å². The summed E-state index contributed by atoms with van der Waals surface area (Å²) in [5, 5.41) is 0. The third kappa shape index (κ3) is 3.74. The molecule has 0 aliphatic carbocycles. The van der Waals surface area contributed by atoms with Crippen molar-refractivity contribution in [3.8, 4) is 0 Å². The summed E-state index contributed by atoms with van der Waals surface area (Å²) in [6, 6.07) is 10.5. The van der Waals surface area contributed by atoms with Crippen molar-refractivity contribution in [3.63, 3.8) is 0 Å². The van der Waals surface area contributed by atoms with Crippen LogP contribution in [0.4, 0.5) is 0 Å². The van der Waals surface area contributed by atoms with E-state index in [1.165, 1.54) is 5.56 Å². The van der Waals surface area contributed by atoms with Gasteiger partial charge in [0, 0.05) is 19.5 Å². The second-order valence-electron chi connectivity index (χ2n) is 4.04. The van der Waals surface area contributed by atoms with Gasteiger partial charge in [0.05, 0.1) is 0 Å². The molecule has 0 heterocycles. The van der Waals surface area contributed by atoms with E-state index in [0.717, 1.165) is 13.0 Å². The van der Waals surface area contributed by atoms with Crippen LogP contribution in [0.3, 0.4) is 0 Å². The fourth-order valence-corrected chi connectivity index (χ4v) is 1.67. The molecule has 0 saturated heterocycles. The number of carbonyl (C=O) groups excluding carboxylic acids is 1. The molecule has 0 spiro atoms. The molecule has 0 aliphatic heterocycles. The summed E-state index contributed by atoms with van der Waals surface area (Å²) in [7, 11) is 0. The van der Waals surface area contributed by atoms with Crippen molar-refractivity contribution in [2.75, 3.05) is 6.54 Å². The van der Waals surface area contributed by atoms with Gasteiger partial charge in [0.1, 0.15) is 0 Å². The Kier molecular flexibility index (Phi) is 4.35. The predicted molar refractivity (Wildman–Crippen MR) is 62.7 cm³/mol. The Bertz CT molecular complexity index is 306. The van der Waals surface area contributed by atoms with E-state index in [2.05, 4.69) is 12.1 Å². The molecule has 0 aliphatic rings. The van der Waals surface area contributed by atoms with E-state index in [9.17, 15) is 4.79 Å². The summed E-state index contributed by atoms with van der Waals surface area (Å²) in [6.07, 6.45) is 0.929. The van der Waals surface area contributed by atoms with Gasteiger partial charge in [0.25, 0.3) is 0 Å². The van der Waals surface area contributed by atoms with Crippen molar-refractivity contribution in [2.24, 2.45) is 0 Å². The monoisotopic (exact) mass is 205 g/mol.